The number of thiazole rings is 1. The molecule has 132 valence electrons. The van der Waals surface area contributed by atoms with E-state index in [4.69, 9.17) is 10.2 Å². The van der Waals surface area contributed by atoms with E-state index in [9.17, 15) is 0 Å². The zero-order valence-electron chi connectivity index (χ0n) is 15.1. The summed E-state index contributed by atoms with van der Waals surface area (Å²) in [5.41, 5.74) is 6.09. The number of hydrogen-bond donors (Lipinski definition) is 0. The van der Waals surface area contributed by atoms with Crippen LogP contribution in [0.15, 0.2) is 17.5 Å². The fourth-order valence-electron chi connectivity index (χ4n) is 3.56. The van der Waals surface area contributed by atoms with Gasteiger partial charge >= 0.3 is 0 Å². The van der Waals surface area contributed by atoms with Crippen molar-refractivity contribution in [2.45, 2.75) is 39.0 Å². The van der Waals surface area contributed by atoms with Crippen molar-refractivity contribution >= 4 is 17.0 Å². The molecule has 5 rings (SSSR count). The van der Waals surface area contributed by atoms with Gasteiger partial charge in [-0.25, -0.2) is 4.98 Å². The highest BCUT2D eigenvalue weighted by molar-refractivity contribution is 7.09. The van der Waals surface area contributed by atoms with Crippen LogP contribution in [0.1, 0.15) is 46.0 Å². The van der Waals surface area contributed by atoms with Crippen LogP contribution in [0.2, 0.25) is 0 Å². The molecule has 1 aliphatic carbocycles. The number of hydrogen-bond acceptors (Lipinski definition) is 6. The predicted octanol–water partition coefficient (Wildman–Crippen LogP) is 3.18. The minimum atomic E-state index is 0.456. The summed E-state index contributed by atoms with van der Waals surface area (Å²) in [4.78, 5) is 4.64. The summed E-state index contributed by atoms with van der Waals surface area (Å²) >= 11 is 1.72. The third-order valence-electron chi connectivity index (χ3n) is 5.06. The largest absolute Gasteiger partial charge is 0.266 e. The molecule has 8 heteroatoms. The van der Waals surface area contributed by atoms with Gasteiger partial charge in [-0.15, -0.1) is 21.5 Å². The Bertz CT molecular complexity index is 1140. The first-order valence-corrected chi connectivity index (χ1v) is 9.55. The summed E-state index contributed by atoms with van der Waals surface area (Å²) in [5.74, 6) is 1.74. The quantitative estimate of drug-likeness (QED) is 0.557. The van der Waals surface area contributed by atoms with Gasteiger partial charge in [0.25, 0.3) is 0 Å². The van der Waals surface area contributed by atoms with Gasteiger partial charge in [0, 0.05) is 24.3 Å². The van der Waals surface area contributed by atoms with E-state index in [1.165, 1.54) is 5.69 Å². The number of rotatable bonds is 3. The summed E-state index contributed by atoms with van der Waals surface area (Å²) in [6.45, 7) is 6.00. The third-order valence-corrected chi connectivity index (χ3v) is 5.85. The van der Waals surface area contributed by atoms with E-state index in [2.05, 4.69) is 39.6 Å². The van der Waals surface area contributed by atoms with Crippen molar-refractivity contribution in [1.29, 1.82) is 0 Å². The van der Waals surface area contributed by atoms with Gasteiger partial charge in [-0.05, 0) is 44.9 Å². The Morgan fingerprint density at radius 3 is 2.62 bits per heavy atom. The van der Waals surface area contributed by atoms with Crippen molar-refractivity contribution in [3.05, 3.63) is 45.3 Å². The first-order valence-electron chi connectivity index (χ1n) is 8.67. The molecule has 1 aliphatic rings. The molecule has 0 N–H and O–H groups in total. The van der Waals surface area contributed by atoms with Crippen LogP contribution >= 0.6 is 11.3 Å². The van der Waals surface area contributed by atoms with Crippen LogP contribution in [0.25, 0.3) is 17.0 Å². The summed E-state index contributed by atoms with van der Waals surface area (Å²) in [5, 5.41) is 21.1. The summed E-state index contributed by atoms with van der Waals surface area (Å²) in [7, 11) is 1.98. The highest BCUT2D eigenvalue weighted by Gasteiger charge is 2.43. The molecular weight excluding hydrogens is 346 g/mol. The van der Waals surface area contributed by atoms with E-state index in [0.29, 0.717) is 11.8 Å². The minimum absolute atomic E-state index is 0.456. The Hall–Kier alpha value is -2.61. The second-order valence-corrected chi connectivity index (χ2v) is 8.08. The summed E-state index contributed by atoms with van der Waals surface area (Å²) in [6.07, 6.45) is 1.12. The Morgan fingerprint density at radius 1 is 1.04 bits per heavy atom. The summed E-state index contributed by atoms with van der Waals surface area (Å²) in [6, 6.07) is 4.22. The normalized spacial score (nSPS) is 19.4. The average Bonchev–Trinajstić information content (AvgIpc) is 2.91. The van der Waals surface area contributed by atoms with E-state index in [0.717, 1.165) is 45.5 Å². The van der Waals surface area contributed by atoms with Crippen molar-refractivity contribution in [2.75, 3.05) is 0 Å². The molecule has 2 atom stereocenters. The lowest BCUT2D eigenvalue weighted by atomic mass is 10.1. The molecule has 0 radical (unpaired) electrons. The van der Waals surface area contributed by atoms with Crippen LogP contribution < -0.4 is 0 Å². The van der Waals surface area contributed by atoms with Crippen LogP contribution in [0, 0.1) is 20.8 Å². The molecule has 0 spiro atoms. The van der Waals surface area contributed by atoms with Gasteiger partial charge in [0.05, 0.1) is 22.1 Å². The van der Waals surface area contributed by atoms with Gasteiger partial charge in [-0.1, -0.05) is 0 Å². The molecule has 0 saturated heterocycles. The van der Waals surface area contributed by atoms with Gasteiger partial charge in [-0.2, -0.15) is 14.7 Å². The lowest BCUT2D eigenvalue weighted by Gasteiger charge is -2.04. The van der Waals surface area contributed by atoms with Crippen molar-refractivity contribution in [3.8, 4) is 11.4 Å². The highest BCUT2D eigenvalue weighted by Crippen LogP contribution is 2.54. The van der Waals surface area contributed by atoms with Gasteiger partial charge in [0.15, 0.2) is 11.5 Å². The molecule has 1 saturated carbocycles. The van der Waals surface area contributed by atoms with Gasteiger partial charge < -0.3 is 0 Å². The number of aryl methyl sites for hydroxylation is 4. The van der Waals surface area contributed by atoms with Crippen LogP contribution in [0.4, 0.5) is 0 Å². The standard InChI is InChI=1S/C18H19N7S/c1-9-5-15(23-25-10(2)20-21-18(9)25)17-7-14(22-24(17)4)12-6-13(12)16-8-26-11(3)19-16/h5,7-8,12-13H,6H2,1-4H3. The average molecular weight is 365 g/mol. The van der Waals surface area contributed by atoms with Gasteiger partial charge in [0.2, 0.25) is 0 Å². The molecule has 0 amide bonds. The van der Waals surface area contributed by atoms with Crippen LogP contribution in [-0.4, -0.2) is 34.6 Å². The minimum Gasteiger partial charge on any atom is -0.266 e. The smallest absolute Gasteiger partial charge is 0.180 e. The van der Waals surface area contributed by atoms with Gasteiger partial charge in [-0.3, -0.25) is 4.68 Å². The molecule has 0 bridgehead atoms. The molecule has 4 heterocycles. The van der Waals surface area contributed by atoms with E-state index in [1.54, 1.807) is 15.9 Å². The highest BCUT2D eigenvalue weighted by atomic mass is 32.1. The lowest BCUT2D eigenvalue weighted by Crippen LogP contribution is -2.02. The monoisotopic (exact) mass is 365 g/mol. The number of nitrogens with zero attached hydrogens (tertiary/aromatic N) is 7. The van der Waals surface area contributed by atoms with Crippen molar-refractivity contribution in [2.24, 2.45) is 7.05 Å². The lowest BCUT2D eigenvalue weighted by molar-refractivity contribution is 0.740. The number of aromatic nitrogens is 7. The van der Waals surface area contributed by atoms with Gasteiger partial charge in [0.1, 0.15) is 5.69 Å². The van der Waals surface area contributed by atoms with Crippen LogP contribution in [0.5, 0.6) is 0 Å². The molecule has 0 aromatic carbocycles. The second kappa shape index (κ2) is 5.44. The predicted molar refractivity (Wildman–Crippen MR) is 99.4 cm³/mol. The van der Waals surface area contributed by atoms with E-state index in [1.807, 2.05) is 25.6 Å². The van der Waals surface area contributed by atoms with Crippen LogP contribution in [-0.2, 0) is 7.05 Å². The fraction of sp³-hybridized carbons (Fsp3) is 0.389. The van der Waals surface area contributed by atoms with E-state index >= 15 is 0 Å². The number of fused-ring (bicyclic) bond motifs is 1. The maximum atomic E-state index is 4.76. The maximum Gasteiger partial charge on any atom is 0.180 e. The molecule has 2 unspecified atom stereocenters. The molecule has 4 aromatic heterocycles. The second-order valence-electron chi connectivity index (χ2n) is 7.01. The van der Waals surface area contributed by atoms with Crippen molar-refractivity contribution in [1.82, 2.24) is 34.6 Å². The van der Waals surface area contributed by atoms with Crippen molar-refractivity contribution < 1.29 is 0 Å². The van der Waals surface area contributed by atoms with Crippen LogP contribution in [0.3, 0.4) is 0 Å². The van der Waals surface area contributed by atoms with Crippen molar-refractivity contribution in [3.63, 3.8) is 0 Å². The maximum absolute atomic E-state index is 4.76. The summed E-state index contributed by atoms with van der Waals surface area (Å²) < 4.78 is 3.72. The van der Waals surface area contributed by atoms with E-state index < -0.39 is 0 Å². The SMILES string of the molecule is Cc1nc(C2CC2c2cc(-c3cc(C)c4nnc(C)n4n3)n(C)n2)cs1. The fourth-order valence-corrected chi connectivity index (χ4v) is 4.24. The van der Waals surface area contributed by atoms with E-state index in [-0.39, 0.29) is 0 Å². The zero-order chi connectivity index (χ0) is 18.0. The molecule has 26 heavy (non-hydrogen) atoms. The molecule has 0 aliphatic heterocycles. The third kappa shape index (κ3) is 2.36. The first kappa shape index (κ1) is 15.6. The molecule has 1 fully saturated rings. The molecular formula is C18H19N7S. The zero-order valence-corrected chi connectivity index (χ0v) is 15.9. The Morgan fingerprint density at radius 2 is 1.85 bits per heavy atom. The topological polar surface area (TPSA) is 73.8 Å². The molecule has 7 nitrogen and oxygen atoms in total. The molecule has 4 aromatic rings. The first-order chi connectivity index (χ1) is 12.5. The Labute approximate surface area is 154 Å². The Balaban J connectivity index is 1.51. The Kier molecular flexibility index (Phi) is 3.27.